The molecule has 0 saturated heterocycles. The molecule has 0 saturated carbocycles. The van der Waals surface area contributed by atoms with Crippen LogP contribution in [-0.2, 0) is 33.6 Å². The monoisotopic (exact) mass is 1300 g/mol. The zero-order chi connectivity index (χ0) is 71.6. The number of unbranched alkanes of at least 4 members (excludes halogenated alkanes) is 8. The molecule has 0 radical (unpaired) electrons. The van der Waals surface area contributed by atoms with Crippen LogP contribution in [-0.4, -0.2) is 106 Å². The molecule has 0 aromatic heterocycles. The smallest absolute Gasteiger partial charge is 0.382 e. The van der Waals surface area contributed by atoms with Gasteiger partial charge in [-0.15, -0.1) is 68.6 Å². The Hall–Kier alpha value is -9.85. The summed E-state index contributed by atoms with van der Waals surface area (Å²) in [5.41, 5.74) is 4.23. The molecule has 0 aliphatic rings. The number of carboxylic acids is 2. The summed E-state index contributed by atoms with van der Waals surface area (Å²) in [7, 11) is -0.311. The predicted octanol–water partition coefficient (Wildman–Crippen LogP) is 13.1. The van der Waals surface area contributed by atoms with Crippen LogP contribution in [0.3, 0.4) is 0 Å². The molecule has 0 aliphatic carbocycles. The summed E-state index contributed by atoms with van der Waals surface area (Å²) in [6, 6.07) is 41.7. The van der Waals surface area contributed by atoms with E-state index in [9.17, 15) is 18.0 Å². The molecule has 0 bridgehead atoms. The number of rotatable bonds is 22. The quantitative estimate of drug-likeness (QED) is 0.0249. The lowest BCUT2D eigenvalue weighted by molar-refractivity contribution is -0.141. The maximum Gasteiger partial charge on any atom is 0.382 e. The van der Waals surface area contributed by atoms with Gasteiger partial charge < -0.3 is 44.5 Å². The third-order valence-electron chi connectivity index (χ3n) is 11.0. The fraction of sp³-hybridized carbons (Fsp3) is 0.350. The fourth-order valence-electron chi connectivity index (χ4n) is 6.13. The van der Waals surface area contributed by atoms with E-state index >= 15 is 0 Å². The third kappa shape index (κ3) is 63.7. The Labute approximate surface area is 564 Å². The minimum atomic E-state index is -3.49. The molecule has 13 nitrogen and oxygen atoms in total. The zero-order valence-electron chi connectivity index (χ0n) is 55.8. The molecule has 0 aliphatic heterocycles. The van der Waals surface area contributed by atoms with Crippen molar-refractivity contribution in [2.24, 2.45) is 5.92 Å². The molecule has 5 aromatic carbocycles. The second-order valence-electron chi connectivity index (χ2n) is 18.4. The second-order valence-corrected chi connectivity index (χ2v) is 20.1. The Bertz CT molecular complexity index is 3280. The van der Waals surface area contributed by atoms with Gasteiger partial charge in [0.05, 0.1) is 49.9 Å². The van der Waals surface area contributed by atoms with Crippen LogP contribution in [0.15, 0.2) is 144 Å². The first-order valence-corrected chi connectivity index (χ1v) is 31.5. The molecule has 14 heteroatoms. The summed E-state index contributed by atoms with van der Waals surface area (Å²) < 4.78 is 41.3. The first kappa shape index (κ1) is 92.9. The lowest BCUT2D eigenvalue weighted by atomic mass is 9.98. The highest BCUT2D eigenvalue weighted by Crippen LogP contribution is 2.16. The Morgan fingerprint density at radius 1 is 0.574 bits per heavy atom. The van der Waals surface area contributed by atoms with Crippen LogP contribution >= 0.6 is 0 Å². The molecule has 94 heavy (non-hydrogen) atoms. The number of sulfone groups is 1. The highest BCUT2D eigenvalue weighted by Gasteiger charge is 2.15. The summed E-state index contributed by atoms with van der Waals surface area (Å²) in [4.78, 5) is 20.8. The third-order valence-corrected chi connectivity index (χ3v) is 12.2. The summed E-state index contributed by atoms with van der Waals surface area (Å²) >= 11 is 0. The number of hydrogen-bond donors (Lipinski definition) is 5. The number of benzene rings is 5. The molecular weight excluding hydrogens is 1200 g/mol. The van der Waals surface area contributed by atoms with E-state index in [-0.39, 0.29) is 24.0 Å². The van der Waals surface area contributed by atoms with Gasteiger partial charge in [-0.3, -0.25) is 4.79 Å². The highest BCUT2D eigenvalue weighted by atomic mass is 32.2. The number of methoxy groups -OCH3 is 2. The number of aryl methyl sites for hydroxylation is 1. The average molecular weight is 1300 g/mol. The Morgan fingerprint density at radius 2 is 1.06 bits per heavy atom. The van der Waals surface area contributed by atoms with E-state index < -0.39 is 27.9 Å². The first-order chi connectivity index (χ1) is 45.4. The van der Waals surface area contributed by atoms with E-state index in [1.165, 1.54) is 57.1 Å². The molecule has 5 N–H and O–H groups in total. The van der Waals surface area contributed by atoms with Gasteiger partial charge in [0.25, 0.3) is 0 Å². The van der Waals surface area contributed by atoms with E-state index in [1.54, 1.807) is 55.9 Å². The van der Waals surface area contributed by atoms with Gasteiger partial charge >= 0.3 is 11.9 Å². The van der Waals surface area contributed by atoms with Crippen LogP contribution in [0, 0.1) is 134 Å². The number of aliphatic hydroxyl groups excluding tert-OH is 3. The summed E-state index contributed by atoms with van der Waals surface area (Å²) in [6.07, 6.45) is 47.4. The van der Waals surface area contributed by atoms with E-state index in [4.69, 9.17) is 84.7 Å². The standard InChI is InChI=1S/C11H18O2.C9H8O2S.C9H6O2.2C9H8O.C9H16.C8H14O4.C8H6.C4H6O.C4H6/c1-3-5-6-7-9-10(8-4-2)11(12)13;1-3-12(10,11)9-6-4-8(2)5-7-9;10-9(11)7-6-8-4-2-1-3-5-8;1-3-8-6-4-5-7-9(8)10-2;1-2-9(10)8-6-4-3-5-7-8;1-3-5-7-9-8-6-4-2;9-3-7-11-5-1-2-6-12-8-4-10;1-2-8-6-4-3-5-7-8;1-3-4-5-2;1-3-4-2/h2,10H,3,5-9H2,1H3,(H,12,13);1,4-7H,2H3;1-5H,(H,10,11);1,4-7H,2H3;1,3-7,9-10H;1H,4-9H2,2H3;9-10H,3-8H2;1,3-7H;1H,4H2,2H3;1-2H3. The zero-order valence-corrected chi connectivity index (χ0v) is 56.6. The normalized spacial score (nSPS) is 9.31. The molecule has 2 unspecified atom stereocenters. The van der Waals surface area contributed by atoms with Crippen LogP contribution < -0.4 is 4.74 Å². The van der Waals surface area contributed by atoms with Crippen LogP contribution in [0.5, 0.6) is 5.75 Å². The van der Waals surface area contributed by atoms with Crippen molar-refractivity contribution >= 4 is 21.8 Å². The van der Waals surface area contributed by atoms with Crippen molar-refractivity contribution in [2.45, 2.75) is 123 Å². The Morgan fingerprint density at radius 3 is 1.44 bits per heavy atom. The first-order valence-electron chi connectivity index (χ1n) is 30.0. The minimum Gasteiger partial charge on any atom is -0.495 e. The molecule has 0 spiro atoms. The van der Waals surface area contributed by atoms with Crippen molar-refractivity contribution in [2.75, 3.05) is 60.5 Å². The maximum absolute atomic E-state index is 11.1. The van der Waals surface area contributed by atoms with Crippen molar-refractivity contribution in [1.82, 2.24) is 0 Å². The molecule has 2 atom stereocenters. The Kier molecular flexibility index (Phi) is 71.3. The molecule has 5 rings (SSSR count). The summed E-state index contributed by atoms with van der Waals surface area (Å²) in [6.45, 7) is 11.6. The average Bonchev–Trinajstić information content (AvgIpc) is 1.04. The topological polar surface area (TPSA) is 206 Å². The number of para-hydroxylation sites is 1. The van der Waals surface area contributed by atoms with Crippen LogP contribution in [0.4, 0.5) is 0 Å². The van der Waals surface area contributed by atoms with Crippen molar-refractivity contribution in [3.8, 4) is 127 Å². The second kappa shape index (κ2) is 72.2. The maximum atomic E-state index is 11.1. The lowest BCUT2D eigenvalue weighted by Gasteiger charge is -2.07. The minimum absolute atomic E-state index is 0.0166. The fourth-order valence-corrected chi connectivity index (χ4v) is 6.76. The lowest BCUT2D eigenvalue weighted by Crippen LogP contribution is -2.12. The van der Waals surface area contributed by atoms with Gasteiger partial charge in [-0.25, -0.2) is 13.2 Å². The van der Waals surface area contributed by atoms with Crippen LogP contribution in [0.25, 0.3) is 0 Å². The molecule has 500 valence electrons. The van der Waals surface area contributed by atoms with Gasteiger partial charge in [0.15, 0.2) is 0 Å². The molecule has 0 heterocycles. The van der Waals surface area contributed by atoms with E-state index in [1.807, 2.05) is 118 Å². The molecular formula is C80H96O13S. The van der Waals surface area contributed by atoms with Crippen molar-refractivity contribution in [3.63, 3.8) is 0 Å². The number of aliphatic carboxylic acids is 2. The Balaban J connectivity index is -0.000000316. The van der Waals surface area contributed by atoms with Gasteiger partial charge in [-0.2, -0.15) is 0 Å². The van der Waals surface area contributed by atoms with Gasteiger partial charge in [0, 0.05) is 42.3 Å². The SMILES string of the molecule is C#CC(O)c1ccccc1.C#CCC(CCCCCC)C(=O)O.C#CCCCCCCC.C#CCOC.C#CS(=O)(=O)c1ccc(C)cc1.C#Cc1ccccc1.C#Cc1ccccc1OC.CC#CC.O=C(O)C#Cc1ccccc1.OCCOCC#CCOCCO. The number of carbonyl (C=O) groups is 2. The number of aliphatic hydroxyl groups is 3. The van der Waals surface area contributed by atoms with Gasteiger partial charge in [-0.1, -0.05) is 203 Å². The van der Waals surface area contributed by atoms with E-state index in [0.29, 0.717) is 39.5 Å². The van der Waals surface area contributed by atoms with E-state index in [2.05, 4.69) is 83.7 Å². The van der Waals surface area contributed by atoms with Crippen LogP contribution in [0.2, 0.25) is 0 Å². The summed E-state index contributed by atoms with van der Waals surface area (Å²) in [5.74, 6) is 28.5. The molecule has 0 amide bonds. The van der Waals surface area contributed by atoms with Gasteiger partial charge in [0.2, 0.25) is 9.84 Å². The number of ether oxygens (including phenoxy) is 4. The van der Waals surface area contributed by atoms with Gasteiger partial charge in [-0.05, 0) is 87.7 Å². The number of hydrogen-bond acceptors (Lipinski definition) is 11. The number of terminal acetylenes is 7. The van der Waals surface area contributed by atoms with Crippen molar-refractivity contribution in [3.05, 3.63) is 167 Å². The molecule has 0 fully saturated rings. The van der Waals surface area contributed by atoms with Crippen molar-refractivity contribution < 1.29 is 62.5 Å². The van der Waals surface area contributed by atoms with Crippen molar-refractivity contribution in [1.29, 1.82) is 0 Å². The van der Waals surface area contributed by atoms with Gasteiger partial charge in [0.1, 0.15) is 31.7 Å². The largest absolute Gasteiger partial charge is 0.495 e. The number of carboxylic acid groups (broad SMARTS) is 2. The van der Waals surface area contributed by atoms with Crippen LogP contribution in [0.1, 0.15) is 139 Å². The van der Waals surface area contributed by atoms with E-state index in [0.717, 1.165) is 59.3 Å². The summed E-state index contributed by atoms with van der Waals surface area (Å²) in [5, 5.41) is 44.4. The highest BCUT2D eigenvalue weighted by molar-refractivity contribution is 7.96. The predicted molar refractivity (Wildman–Crippen MR) is 383 cm³/mol. The molecule has 5 aromatic rings.